The van der Waals surface area contributed by atoms with Crippen molar-refractivity contribution in [2.45, 2.75) is 32.5 Å². The number of halogens is 1. The van der Waals surface area contributed by atoms with Gasteiger partial charge < -0.3 is 4.74 Å². The van der Waals surface area contributed by atoms with Crippen molar-refractivity contribution in [3.63, 3.8) is 0 Å². The number of rotatable bonds is 3. The van der Waals surface area contributed by atoms with Gasteiger partial charge in [-0.05, 0) is 25.5 Å². The molecule has 0 saturated carbocycles. The standard InChI is InChI=1S/C13H19ClN2O/c1-10-4-3-5-15-13(10)8-16-7-12(6-14)17-9-11(16)2/h3-5,11-12H,6-9H2,1-2H3. The third-order valence-corrected chi connectivity index (χ3v) is 3.62. The average molecular weight is 255 g/mol. The highest BCUT2D eigenvalue weighted by atomic mass is 35.5. The number of alkyl halides is 1. The second-order valence-electron chi connectivity index (χ2n) is 4.66. The molecule has 1 aromatic rings. The van der Waals surface area contributed by atoms with Crippen LogP contribution in [0.2, 0.25) is 0 Å². The molecule has 0 radical (unpaired) electrons. The second-order valence-corrected chi connectivity index (χ2v) is 4.96. The first-order valence-electron chi connectivity index (χ1n) is 6.03. The Labute approximate surface area is 108 Å². The van der Waals surface area contributed by atoms with E-state index in [0.717, 1.165) is 25.4 Å². The highest BCUT2D eigenvalue weighted by Gasteiger charge is 2.25. The van der Waals surface area contributed by atoms with Crippen molar-refractivity contribution in [3.05, 3.63) is 29.6 Å². The Morgan fingerprint density at radius 1 is 1.59 bits per heavy atom. The van der Waals surface area contributed by atoms with E-state index < -0.39 is 0 Å². The molecule has 2 atom stereocenters. The predicted octanol–water partition coefficient (Wildman–Crippen LogP) is 2.22. The molecule has 1 aliphatic rings. The number of aromatic nitrogens is 1. The van der Waals surface area contributed by atoms with E-state index in [1.807, 2.05) is 12.3 Å². The zero-order chi connectivity index (χ0) is 12.3. The number of hydrogen-bond acceptors (Lipinski definition) is 3. The highest BCUT2D eigenvalue weighted by Crippen LogP contribution is 2.16. The summed E-state index contributed by atoms with van der Waals surface area (Å²) in [5.74, 6) is 0.560. The van der Waals surface area contributed by atoms with Gasteiger partial charge in [0.15, 0.2) is 0 Å². The number of nitrogens with zero attached hydrogens (tertiary/aromatic N) is 2. The van der Waals surface area contributed by atoms with Crippen LogP contribution in [-0.2, 0) is 11.3 Å². The van der Waals surface area contributed by atoms with E-state index in [-0.39, 0.29) is 6.10 Å². The van der Waals surface area contributed by atoms with Crippen LogP contribution in [0.5, 0.6) is 0 Å². The van der Waals surface area contributed by atoms with Gasteiger partial charge in [-0.1, -0.05) is 6.07 Å². The van der Waals surface area contributed by atoms with Crippen molar-refractivity contribution in [2.75, 3.05) is 19.0 Å². The Morgan fingerprint density at radius 2 is 2.41 bits per heavy atom. The fourth-order valence-corrected chi connectivity index (χ4v) is 2.25. The number of aryl methyl sites for hydroxylation is 1. The van der Waals surface area contributed by atoms with Crippen LogP contribution >= 0.6 is 11.6 Å². The Morgan fingerprint density at radius 3 is 3.12 bits per heavy atom. The summed E-state index contributed by atoms with van der Waals surface area (Å²) in [6.45, 7) is 6.81. The van der Waals surface area contributed by atoms with Crippen molar-refractivity contribution in [1.82, 2.24) is 9.88 Å². The maximum absolute atomic E-state index is 5.86. The van der Waals surface area contributed by atoms with Gasteiger partial charge in [0.1, 0.15) is 0 Å². The summed E-state index contributed by atoms with van der Waals surface area (Å²) in [7, 11) is 0. The lowest BCUT2D eigenvalue weighted by Crippen LogP contribution is -2.48. The first-order chi connectivity index (χ1) is 8.20. The molecule has 4 heteroatoms. The Balaban J connectivity index is 2.04. The maximum atomic E-state index is 5.86. The van der Waals surface area contributed by atoms with Crippen molar-refractivity contribution in [2.24, 2.45) is 0 Å². The zero-order valence-corrected chi connectivity index (χ0v) is 11.2. The normalized spacial score (nSPS) is 26.1. The summed E-state index contributed by atoms with van der Waals surface area (Å²) in [6, 6.07) is 4.51. The molecule has 0 bridgehead atoms. The third-order valence-electron chi connectivity index (χ3n) is 3.28. The van der Waals surface area contributed by atoms with Gasteiger partial charge in [-0.2, -0.15) is 0 Å². The van der Waals surface area contributed by atoms with E-state index in [4.69, 9.17) is 16.3 Å². The molecule has 1 fully saturated rings. The average Bonchev–Trinajstić information content (AvgIpc) is 2.35. The molecule has 0 amide bonds. The molecule has 1 saturated heterocycles. The minimum Gasteiger partial charge on any atom is -0.374 e. The van der Waals surface area contributed by atoms with E-state index in [1.165, 1.54) is 5.56 Å². The van der Waals surface area contributed by atoms with Crippen LogP contribution < -0.4 is 0 Å². The molecule has 2 rings (SSSR count). The van der Waals surface area contributed by atoms with Crippen molar-refractivity contribution in [1.29, 1.82) is 0 Å². The van der Waals surface area contributed by atoms with Crippen LogP contribution in [0.3, 0.4) is 0 Å². The lowest BCUT2D eigenvalue weighted by atomic mass is 10.1. The Hall–Kier alpha value is -0.640. The number of ether oxygens (including phenoxy) is 1. The van der Waals surface area contributed by atoms with E-state index in [0.29, 0.717) is 11.9 Å². The van der Waals surface area contributed by atoms with Gasteiger partial charge in [0.25, 0.3) is 0 Å². The molecular formula is C13H19ClN2O. The van der Waals surface area contributed by atoms with E-state index in [9.17, 15) is 0 Å². The molecule has 2 unspecified atom stereocenters. The van der Waals surface area contributed by atoms with Crippen LogP contribution in [-0.4, -0.2) is 41.1 Å². The smallest absolute Gasteiger partial charge is 0.0838 e. The summed E-state index contributed by atoms with van der Waals surface area (Å²) >= 11 is 5.86. The van der Waals surface area contributed by atoms with Crippen molar-refractivity contribution >= 4 is 11.6 Å². The van der Waals surface area contributed by atoms with Crippen molar-refractivity contribution < 1.29 is 4.74 Å². The summed E-state index contributed by atoms with van der Waals surface area (Å²) in [4.78, 5) is 6.84. The molecule has 0 aromatic carbocycles. The molecule has 0 spiro atoms. The molecule has 1 aliphatic heterocycles. The van der Waals surface area contributed by atoms with Crippen molar-refractivity contribution in [3.8, 4) is 0 Å². The fourth-order valence-electron chi connectivity index (χ4n) is 2.06. The van der Waals surface area contributed by atoms with Gasteiger partial charge in [0.05, 0.1) is 18.4 Å². The van der Waals surface area contributed by atoms with Gasteiger partial charge in [0, 0.05) is 31.2 Å². The van der Waals surface area contributed by atoms with Gasteiger partial charge in [-0.15, -0.1) is 11.6 Å². The van der Waals surface area contributed by atoms with Crippen LogP contribution in [0.25, 0.3) is 0 Å². The van der Waals surface area contributed by atoms with Gasteiger partial charge >= 0.3 is 0 Å². The highest BCUT2D eigenvalue weighted by molar-refractivity contribution is 6.18. The van der Waals surface area contributed by atoms with E-state index in [2.05, 4.69) is 29.8 Å². The van der Waals surface area contributed by atoms with Crippen LogP contribution in [0.15, 0.2) is 18.3 Å². The second kappa shape index (κ2) is 5.80. The first-order valence-corrected chi connectivity index (χ1v) is 6.56. The summed E-state index contributed by atoms with van der Waals surface area (Å²) in [5.41, 5.74) is 2.39. The zero-order valence-electron chi connectivity index (χ0n) is 10.4. The molecule has 0 N–H and O–H groups in total. The fraction of sp³-hybridized carbons (Fsp3) is 0.615. The number of pyridine rings is 1. The molecule has 3 nitrogen and oxygen atoms in total. The first kappa shape index (κ1) is 12.8. The lowest BCUT2D eigenvalue weighted by molar-refractivity contribution is -0.0515. The minimum absolute atomic E-state index is 0.150. The van der Waals surface area contributed by atoms with E-state index in [1.54, 1.807) is 0 Å². The molecule has 94 valence electrons. The van der Waals surface area contributed by atoms with Gasteiger partial charge in [0.2, 0.25) is 0 Å². The topological polar surface area (TPSA) is 25.4 Å². The quantitative estimate of drug-likeness (QED) is 0.774. The summed E-state index contributed by atoms with van der Waals surface area (Å²) in [6.07, 6.45) is 2.00. The molecular weight excluding hydrogens is 236 g/mol. The monoisotopic (exact) mass is 254 g/mol. The number of hydrogen-bond donors (Lipinski definition) is 0. The van der Waals surface area contributed by atoms with Crippen LogP contribution in [0.4, 0.5) is 0 Å². The Bertz CT molecular complexity index is 372. The van der Waals surface area contributed by atoms with Gasteiger partial charge in [-0.3, -0.25) is 9.88 Å². The lowest BCUT2D eigenvalue weighted by Gasteiger charge is -2.37. The van der Waals surface area contributed by atoms with Crippen LogP contribution in [0, 0.1) is 6.92 Å². The Kier molecular flexibility index (Phi) is 4.37. The minimum atomic E-state index is 0.150. The third kappa shape index (κ3) is 3.18. The molecule has 17 heavy (non-hydrogen) atoms. The maximum Gasteiger partial charge on any atom is 0.0838 e. The molecule has 2 heterocycles. The summed E-state index contributed by atoms with van der Waals surface area (Å²) < 4.78 is 5.64. The molecule has 0 aliphatic carbocycles. The predicted molar refractivity (Wildman–Crippen MR) is 69.3 cm³/mol. The largest absolute Gasteiger partial charge is 0.374 e. The van der Waals surface area contributed by atoms with E-state index >= 15 is 0 Å². The number of morpholine rings is 1. The SMILES string of the molecule is Cc1cccnc1CN1CC(CCl)OCC1C. The molecule has 1 aromatic heterocycles. The van der Waals surface area contributed by atoms with Gasteiger partial charge in [-0.25, -0.2) is 0 Å². The summed E-state index contributed by atoms with van der Waals surface area (Å²) in [5, 5.41) is 0. The van der Waals surface area contributed by atoms with Crippen LogP contribution in [0.1, 0.15) is 18.2 Å².